The fourth-order valence-electron chi connectivity index (χ4n) is 3.54. The fourth-order valence-corrected chi connectivity index (χ4v) is 4.02. The Morgan fingerprint density at radius 3 is 2.58 bits per heavy atom. The van der Waals surface area contributed by atoms with Crippen LogP contribution >= 0.6 is 11.8 Å². The Labute approximate surface area is 215 Å². The number of amides is 1. The van der Waals surface area contributed by atoms with Crippen molar-refractivity contribution in [2.75, 3.05) is 12.0 Å². The van der Waals surface area contributed by atoms with Gasteiger partial charge in [0.05, 0.1) is 6.33 Å². The van der Waals surface area contributed by atoms with Gasteiger partial charge in [0, 0.05) is 23.9 Å². The van der Waals surface area contributed by atoms with Gasteiger partial charge in [0.2, 0.25) is 0 Å². The number of esters is 1. The van der Waals surface area contributed by atoms with Crippen LogP contribution in [-0.2, 0) is 16.0 Å². The first-order valence-corrected chi connectivity index (χ1v) is 13.1. The number of carbonyl (C=O) groups excluding carboxylic acids is 2. The maximum Gasteiger partial charge on any atom is 0.329 e. The van der Waals surface area contributed by atoms with Gasteiger partial charge in [0.25, 0.3) is 5.91 Å². The minimum absolute atomic E-state index is 0.359. The number of hydrogen-bond donors (Lipinski definition) is 2. The van der Waals surface area contributed by atoms with E-state index in [9.17, 15) is 14.0 Å². The van der Waals surface area contributed by atoms with E-state index in [-0.39, 0.29) is 11.7 Å². The number of halogens is 1. The van der Waals surface area contributed by atoms with Crippen LogP contribution in [-0.4, -0.2) is 45.5 Å². The highest BCUT2D eigenvalue weighted by Crippen LogP contribution is 2.27. The minimum atomic E-state index is -0.778. The zero-order valence-electron chi connectivity index (χ0n) is 21.0. The Bertz CT molecular complexity index is 1190. The molecule has 2 N–H and O–H groups in total. The molecule has 3 aromatic rings. The number of aromatic amines is 1. The average molecular weight is 510 g/mol. The summed E-state index contributed by atoms with van der Waals surface area (Å²) in [4.78, 5) is 33.3. The van der Waals surface area contributed by atoms with Gasteiger partial charge < -0.3 is 15.0 Å². The van der Waals surface area contributed by atoms with Crippen LogP contribution in [0.3, 0.4) is 0 Å². The van der Waals surface area contributed by atoms with Crippen LogP contribution < -0.4 is 5.32 Å². The predicted octanol–water partition coefficient (Wildman–Crippen LogP) is 5.66. The van der Waals surface area contributed by atoms with E-state index in [1.165, 1.54) is 12.1 Å². The summed E-state index contributed by atoms with van der Waals surface area (Å²) >= 11 is 1.59. The number of hydrogen-bond acceptors (Lipinski definition) is 5. The number of allylic oxidation sites excluding steroid dienone is 1. The molecular formula is C28H32FN3O3S. The number of benzene rings is 2. The molecule has 0 radical (unpaired) electrons. The van der Waals surface area contributed by atoms with E-state index in [0.29, 0.717) is 35.3 Å². The molecule has 8 heteroatoms. The van der Waals surface area contributed by atoms with E-state index < -0.39 is 17.6 Å². The van der Waals surface area contributed by atoms with Crippen molar-refractivity contribution in [3.05, 3.63) is 83.7 Å². The molecule has 2 aromatic carbocycles. The summed E-state index contributed by atoms with van der Waals surface area (Å²) in [5.41, 5.74) is 2.94. The Morgan fingerprint density at radius 1 is 1.19 bits per heavy atom. The van der Waals surface area contributed by atoms with E-state index in [2.05, 4.69) is 15.3 Å². The molecule has 1 amide bonds. The van der Waals surface area contributed by atoms with Gasteiger partial charge in [-0.1, -0.05) is 30.4 Å². The highest BCUT2D eigenvalue weighted by atomic mass is 32.2. The van der Waals surface area contributed by atoms with Gasteiger partial charge in [-0.2, -0.15) is 11.8 Å². The topological polar surface area (TPSA) is 84.1 Å². The second-order valence-corrected chi connectivity index (χ2v) is 10.3. The van der Waals surface area contributed by atoms with Crippen molar-refractivity contribution in [3.63, 3.8) is 0 Å². The normalized spacial score (nSPS) is 12.5. The first-order valence-electron chi connectivity index (χ1n) is 11.7. The molecule has 1 aromatic heterocycles. The van der Waals surface area contributed by atoms with Crippen LogP contribution in [0.15, 0.2) is 61.1 Å². The summed E-state index contributed by atoms with van der Waals surface area (Å²) in [5, 5.41) is 2.86. The van der Waals surface area contributed by atoms with Crippen molar-refractivity contribution in [2.24, 2.45) is 0 Å². The lowest BCUT2D eigenvalue weighted by Crippen LogP contribution is -2.44. The number of H-pyrrole nitrogens is 1. The lowest BCUT2D eigenvalue weighted by atomic mass is 9.96. The first kappa shape index (κ1) is 27.2. The SMILES string of the molecule is CSCC[C@H](NC(=O)c1ccc(C=CCc2cnc[nH]2)cc1-c1ccc(F)cc1)C(=O)OC(C)(C)C. The maximum absolute atomic E-state index is 13.6. The number of ether oxygens (including phenoxy) is 1. The first-order chi connectivity index (χ1) is 17.2. The molecule has 0 unspecified atom stereocenters. The molecule has 0 saturated carbocycles. The van der Waals surface area contributed by atoms with Gasteiger partial charge in [-0.25, -0.2) is 14.2 Å². The van der Waals surface area contributed by atoms with Crippen molar-refractivity contribution in [2.45, 2.75) is 45.3 Å². The predicted molar refractivity (Wildman–Crippen MR) is 143 cm³/mol. The van der Waals surface area contributed by atoms with Gasteiger partial charge in [0.1, 0.15) is 17.5 Å². The summed E-state index contributed by atoms with van der Waals surface area (Å²) < 4.78 is 19.1. The third-order valence-corrected chi connectivity index (χ3v) is 5.90. The summed E-state index contributed by atoms with van der Waals surface area (Å²) in [5.74, 6) is -0.525. The molecule has 3 rings (SSSR count). The lowest BCUT2D eigenvalue weighted by Gasteiger charge is -2.25. The molecule has 0 aliphatic heterocycles. The quantitative estimate of drug-likeness (QED) is 0.344. The average Bonchev–Trinajstić information content (AvgIpc) is 3.34. The largest absolute Gasteiger partial charge is 0.458 e. The number of rotatable bonds is 10. The molecule has 0 bridgehead atoms. The van der Waals surface area contributed by atoms with Crippen LogP contribution in [0.5, 0.6) is 0 Å². The third kappa shape index (κ3) is 8.09. The fraction of sp³-hybridized carbons (Fsp3) is 0.321. The van der Waals surface area contributed by atoms with Crippen molar-refractivity contribution in [1.29, 1.82) is 0 Å². The highest BCUT2D eigenvalue weighted by molar-refractivity contribution is 7.98. The van der Waals surface area contributed by atoms with Crippen molar-refractivity contribution >= 4 is 29.7 Å². The standard InChI is InChI=1S/C28H32FN3O3S/c1-28(2,3)35-27(34)25(14-15-36-4)32-26(33)23-13-8-19(6-5-7-22-17-30-18-31-22)16-24(23)20-9-11-21(29)12-10-20/h5-6,8-13,16-18,25H,7,14-15H2,1-4H3,(H,30,31)(H,32,33)/t25-/m0/s1. The number of carbonyl (C=O) groups is 2. The number of imidazole rings is 1. The van der Waals surface area contributed by atoms with Gasteiger partial charge in [-0.15, -0.1) is 0 Å². The smallest absolute Gasteiger partial charge is 0.329 e. The molecule has 36 heavy (non-hydrogen) atoms. The van der Waals surface area contributed by atoms with Crippen molar-refractivity contribution in [3.8, 4) is 11.1 Å². The maximum atomic E-state index is 13.6. The van der Waals surface area contributed by atoms with Crippen LogP contribution in [0.25, 0.3) is 17.2 Å². The summed E-state index contributed by atoms with van der Waals surface area (Å²) in [6, 6.07) is 10.7. The van der Waals surface area contributed by atoms with Crippen LogP contribution in [0.2, 0.25) is 0 Å². The Balaban J connectivity index is 1.89. The molecule has 0 fully saturated rings. The third-order valence-electron chi connectivity index (χ3n) is 5.25. The molecule has 190 valence electrons. The zero-order valence-corrected chi connectivity index (χ0v) is 21.8. The number of aromatic nitrogens is 2. The Hall–Kier alpha value is -3.39. The second kappa shape index (κ2) is 12.5. The van der Waals surface area contributed by atoms with Crippen LogP contribution in [0.1, 0.15) is 48.8 Å². The van der Waals surface area contributed by atoms with Crippen LogP contribution in [0.4, 0.5) is 4.39 Å². The molecule has 0 spiro atoms. The molecule has 6 nitrogen and oxygen atoms in total. The molecular weight excluding hydrogens is 477 g/mol. The van der Waals surface area contributed by atoms with Gasteiger partial charge in [0.15, 0.2) is 0 Å². The second-order valence-electron chi connectivity index (χ2n) is 9.34. The van der Waals surface area contributed by atoms with E-state index in [4.69, 9.17) is 4.74 Å². The number of nitrogens with one attached hydrogen (secondary N) is 2. The molecule has 0 saturated heterocycles. The number of thioether (sulfide) groups is 1. The summed E-state index contributed by atoms with van der Waals surface area (Å²) in [7, 11) is 0. The van der Waals surface area contributed by atoms with E-state index in [0.717, 1.165) is 11.3 Å². The molecule has 1 heterocycles. The monoisotopic (exact) mass is 509 g/mol. The Kier molecular flexibility index (Phi) is 9.47. The van der Waals surface area contributed by atoms with Crippen molar-refractivity contribution in [1.82, 2.24) is 15.3 Å². The molecule has 0 aliphatic carbocycles. The number of nitrogens with zero attached hydrogens (tertiary/aromatic N) is 1. The lowest BCUT2D eigenvalue weighted by molar-refractivity contribution is -0.157. The van der Waals surface area contributed by atoms with Crippen molar-refractivity contribution < 1.29 is 18.7 Å². The Morgan fingerprint density at radius 2 is 1.94 bits per heavy atom. The van der Waals surface area contributed by atoms with Gasteiger partial charge in [-0.05, 0) is 80.2 Å². The molecule has 0 aliphatic rings. The zero-order chi connectivity index (χ0) is 26.1. The minimum Gasteiger partial charge on any atom is -0.458 e. The van der Waals surface area contributed by atoms with Crippen LogP contribution in [0, 0.1) is 5.82 Å². The highest BCUT2D eigenvalue weighted by Gasteiger charge is 2.27. The van der Waals surface area contributed by atoms with E-state index in [1.807, 2.05) is 30.5 Å². The van der Waals surface area contributed by atoms with Gasteiger partial charge in [-0.3, -0.25) is 4.79 Å². The van der Waals surface area contributed by atoms with Gasteiger partial charge >= 0.3 is 5.97 Å². The summed E-state index contributed by atoms with van der Waals surface area (Å²) in [6.45, 7) is 5.39. The van der Waals surface area contributed by atoms with E-state index in [1.54, 1.807) is 63.3 Å². The van der Waals surface area contributed by atoms with E-state index >= 15 is 0 Å². The summed E-state index contributed by atoms with van der Waals surface area (Å²) in [6.07, 6.45) is 10.4. The molecule has 1 atom stereocenters.